The van der Waals surface area contributed by atoms with Crippen LogP contribution in [0.5, 0.6) is 0 Å². The molecule has 1 aromatic heterocycles. The Morgan fingerprint density at radius 1 is 1.45 bits per heavy atom. The fourth-order valence-electron chi connectivity index (χ4n) is 2.02. The molecular weight excluding hydrogens is 315 g/mol. The van der Waals surface area contributed by atoms with Gasteiger partial charge in [-0.15, -0.1) is 0 Å². The van der Waals surface area contributed by atoms with E-state index in [0.717, 1.165) is 30.3 Å². The fraction of sp³-hybridized carbons (Fsp3) is 0.429. The van der Waals surface area contributed by atoms with Gasteiger partial charge in [0.1, 0.15) is 0 Å². The number of imidazole rings is 1. The molecule has 4 nitrogen and oxygen atoms in total. The molecule has 1 aromatic carbocycles. The zero-order valence-corrected chi connectivity index (χ0v) is 13.0. The third-order valence-corrected chi connectivity index (χ3v) is 4.28. The minimum Gasteiger partial charge on any atom is -0.369 e. The van der Waals surface area contributed by atoms with E-state index in [4.69, 9.17) is 5.73 Å². The number of fused-ring (bicyclic) bond motifs is 1. The zero-order chi connectivity index (χ0) is 16.5. The van der Waals surface area contributed by atoms with Crippen LogP contribution in [0.3, 0.4) is 0 Å². The number of carbonyl (C=O) groups is 1. The smallest absolute Gasteiger partial charge is 0.369 e. The average molecular weight is 331 g/mol. The summed E-state index contributed by atoms with van der Waals surface area (Å²) in [6, 6.07) is 3.46. The third kappa shape index (κ3) is 3.37. The lowest BCUT2D eigenvalue weighted by molar-refractivity contribution is -0.137. The Kier molecular flexibility index (Phi) is 4.69. The number of alkyl halides is 3. The molecule has 1 heterocycles. The van der Waals surface area contributed by atoms with Crippen molar-refractivity contribution in [1.82, 2.24) is 9.55 Å². The molecule has 1 atom stereocenters. The van der Waals surface area contributed by atoms with Crippen molar-refractivity contribution in [3.05, 3.63) is 23.8 Å². The first kappa shape index (κ1) is 16.7. The lowest BCUT2D eigenvalue weighted by Crippen LogP contribution is -2.23. The summed E-state index contributed by atoms with van der Waals surface area (Å²) in [5.41, 5.74) is 5.41. The van der Waals surface area contributed by atoms with Crippen LogP contribution in [-0.2, 0) is 17.5 Å². The van der Waals surface area contributed by atoms with Crippen LogP contribution in [0.2, 0.25) is 0 Å². The summed E-state index contributed by atoms with van der Waals surface area (Å²) < 4.78 is 40.3. The Balaban J connectivity index is 2.53. The summed E-state index contributed by atoms with van der Waals surface area (Å²) in [4.78, 5) is 15.5. The molecular formula is C14H16F3N3OS. The number of rotatable bonds is 5. The van der Waals surface area contributed by atoms with Gasteiger partial charge in [-0.05, 0) is 31.5 Å². The number of amides is 1. The van der Waals surface area contributed by atoms with Gasteiger partial charge in [-0.3, -0.25) is 4.79 Å². The summed E-state index contributed by atoms with van der Waals surface area (Å²) in [5, 5.41) is -0.00280. The molecule has 0 bridgehead atoms. The molecule has 0 aliphatic rings. The van der Waals surface area contributed by atoms with Gasteiger partial charge >= 0.3 is 6.18 Å². The van der Waals surface area contributed by atoms with Gasteiger partial charge in [0.25, 0.3) is 0 Å². The van der Waals surface area contributed by atoms with Crippen LogP contribution in [0.1, 0.15) is 25.8 Å². The first-order valence-corrected chi connectivity index (χ1v) is 7.65. The van der Waals surface area contributed by atoms with Gasteiger partial charge < -0.3 is 10.3 Å². The fourth-order valence-corrected chi connectivity index (χ4v) is 2.92. The average Bonchev–Trinajstić information content (AvgIpc) is 2.75. The largest absolute Gasteiger partial charge is 0.416 e. The molecule has 0 aliphatic heterocycles. The first-order chi connectivity index (χ1) is 10.2. The second kappa shape index (κ2) is 6.20. The van der Waals surface area contributed by atoms with Gasteiger partial charge in [-0.1, -0.05) is 18.7 Å². The molecule has 1 unspecified atom stereocenters. The van der Waals surface area contributed by atoms with Crippen molar-refractivity contribution in [3.63, 3.8) is 0 Å². The van der Waals surface area contributed by atoms with Gasteiger partial charge in [-0.25, -0.2) is 4.98 Å². The number of nitrogens with two attached hydrogens (primary N) is 1. The number of aryl methyl sites for hydroxylation is 1. The number of primary amides is 1. The molecule has 0 aliphatic carbocycles. The summed E-state index contributed by atoms with van der Waals surface area (Å²) in [7, 11) is 0. The summed E-state index contributed by atoms with van der Waals surface area (Å²) >= 11 is 1.15. The van der Waals surface area contributed by atoms with Crippen LogP contribution in [0.4, 0.5) is 13.2 Å². The highest BCUT2D eigenvalue weighted by Gasteiger charge is 2.31. The first-order valence-electron chi connectivity index (χ1n) is 6.77. The van der Waals surface area contributed by atoms with Crippen LogP contribution < -0.4 is 5.73 Å². The summed E-state index contributed by atoms with van der Waals surface area (Å²) in [6.07, 6.45) is -3.66. The molecule has 0 fully saturated rings. The van der Waals surface area contributed by atoms with Crippen LogP contribution in [-0.4, -0.2) is 20.7 Å². The molecule has 2 N–H and O–H groups in total. The van der Waals surface area contributed by atoms with E-state index < -0.39 is 22.9 Å². The van der Waals surface area contributed by atoms with Crippen molar-refractivity contribution < 1.29 is 18.0 Å². The minimum absolute atomic E-state index is 0.413. The zero-order valence-electron chi connectivity index (χ0n) is 12.1. The van der Waals surface area contributed by atoms with Crippen molar-refractivity contribution in [3.8, 4) is 0 Å². The highest BCUT2D eigenvalue weighted by atomic mass is 32.2. The van der Waals surface area contributed by atoms with Crippen molar-refractivity contribution in [2.24, 2.45) is 5.73 Å². The number of halogens is 3. The van der Waals surface area contributed by atoms with E-state index >= 15 is 0 Å². The van der Waals surface area contributed by atoms with E-state index in [1.807, 2.05) is 6.92 Å². The molecule has 0 saturated heterocycles. The van der Waals surface area contributed by atoms with Crippen LogP contribution >= 0.6 is 11.8 Å². The predicted octanol–water partition coefficient (Wildman–Crippen LogP) is 3.43. The van der Waals surface area contributed by atoms with Gasteiger partial charge in [0.05, 0.1) is 21.8 Å². The van der Waals surface area contributed by atoms with E-state index in [1.54, 1.807) is 11.5 Å². The second-order valence-electron chi connectivity index (χ2n) is 4.91. The Hall–Kier alpha value is -1.70. The van der Waals surface area contributed by atoms with E-state index in [0.29, 0.717) is 22.7 Å². The maximum Gasteiger partial charge on any atom is 0.416 e. The van der Waals surface area contributed by atoms with Gasteiger partial charge in [0.15, 0.2) is 5.16 Å². The highest BCUT2D eigenvalue weighted by Crippen LogP contribution is 2.33. The van der Waals surface area contributed by atoms with Crippen molar-refractivity contribution in [2.75, 3.05) is 0 Å². The summed E-state index contributed by atoms with van der Waals surface area (Å²) in [5.74, 6) is -0.490. The number of hydrogen-bond donors (Lipinski definition) is 1. The predicted molar refractivity (Wildman–Crippen MR) is 79.5 cm³/mol. The molecule has 120 valence electrons. The van der Waals surface area contributed by atoms with Crippen molar-refractivity contribution >= 4 is 28.7 Å². The van der Waals surface area contributed by atoms with Crippen LogP contribution in [0, 0.1) is 0 Å². The molecule has 22 heavy (non-hydrogen) atoms. The molecule has 0 saturated carbocycles. The Morgan fingerprint density at radius 2 is 2.14 bits per heavy atom. The van der Waals surface area contributed by atoms with Crippen LogP contribution in [0.25, 0.3) is 11.0 Å². The van der Waals surface area contributed by atoms with Crippen molar-refractivity contribution in [1.29, 1.82) is 0 Å². The lowest BCUT2D eigenvalue weighted by atomic mass is 10.2. The number of aromatic nitrogens is 2. The molecule has 8 heteroatoms. The highest BCUT2D eigenvalue weighted by molar-refractivity contribution is 8.00. The Morgan fingerprint density at radius 3 is 2.68 bits per heavy atom. The maximum atomic E-state index is 12.9. The monoisotopic (exact) mass is 331 g/mol. The van der Waals surface area contributed by atoms with E-state index in [-0.39, 0.29) is 0 Å². The normalized spacial score (nSPS) is 13.5. The number of benzene rings is 1. The quantitative estimate of drug-likeness (QED) is 0.854. The van der Waals surface area contributed by atoms with Gasteiger partial charge in [-0.2, -0.15) is 13.2 Å². The topological polar surface area (TPSA) is 60.9 Å². The number of nitrogens with zero attached hydrogens (tertiary/aromatic N) is 2. The van der Waals surface area contributed by atoms with E-state index in [9.17, 15) is 18.0 Å². The molecule has 0 radical (unpaired) electrons. The van der Waals surface area contributed by atoms with E-state index in [2.05, 4.69) is 4.98 Å². The third-order valence-electron chi connectivity index (χ3n) is 3.17. The van der Waals surface area contributed by atoms with Crippen LogP contribution in [0.15, 0.2) is 23.4 Å². The second-order valence-corrected chi connectivity index (χ2v) is 6.22. The number of hydrogen-bond acceptors (Lipinski definition) is 3. The van der Waals surface area contributed by atoms with Crippen molar-refractivity contribution in [2.45, 2.75) is 43.4 Å². The molecule has 2 aromatic rings. The minimum atomic E-state index is -4.40. The Bertz CT molecular complexity index is 696. The molecule has 2 rings (SSSR count). The SMILES string of the molecule is CCCn1c(SC(C)C(N)=O)nc2ccc(C(F)(F)F)cc21. The van der Waals surface area contributed by atoms with Gasteiger partial charge in [0.2, 0.25) is 5.91 Å². The number of thioether (sulfide) groups is 1. The van der Waals surface area contributed by atoms with Gasteiger partial charge in [0, 0.05) is 6.54 Å². The number of carbonyl (C=O) groups excluding carboxylic acids is 1. The van der Waals surface area contributed by atoms with E-state index in [1.165, 1.54) is 6.07 Å². The maximum absolute atomic E-state index is 12.9. The summed E-state index contributed by atoms with van der Waals surface area (Å²) in [6.45, 7) is 4.08. The molecule has 1 amide bonds. The standard InChI is InChI=1S/C14H16F3N3OS/c1-3-6-20-11-7-9(14(15,16)17)4-5-10(11)19-13(20)22-8(2)12(18)21/h4-5,7-8H,3,6H2,1-2H3,(H2,18,21). The lowest BCUT2D eigenvalue weighted by Gasteiger charge is -2.11. The molecule has 0 spiro atoms. The Labute approximate surface area is 129 Å².